The number of hydrogen-bond acceptors (Lipinski definition) is 2. The van der Waals surface area contributed by atoms with Crippen LogP contribution >= 0.6 is 0 Å². The molecule has 0 fully saturated rings. The van der Waals surface area contributed by atoms with Gasteiger partial charge in [-0.15, -0.1) is 0 Å². The van der Waals surface area contributed by atoms with Crippen LogP contribution in [0.2, 0.25) is 0 Å². The minimum absolute atomic E-state index is 0.262. The molecule has 0 aliphatic heterocycles. The van der Waals surface area contributed by atoms with E-state index in [-0.39, 0.29) is 5.82 Å². The molecular formula is C12H10FNO. The molecule has 1 heterocycles. The zero-order valence-corrected chi connectivity index (χ0v) is 8.27. The molecule has 0 amide bonds. The average molecular weight is 203 g/mol. The Hall–Kier alpha value is -1.90. The summed E-state index contributed by atoms with van der Waals surface area (Å²) < 4.78 is 18.6. The summed E-state index contributed by atoms with van der Waals surface area (Å²) in [5, 5.41) is 0. The number of aromatic nitrogens is 1. The smallest absolute Gasteiger partial charge is 0.130 e. The van der Waals surface area contributed by atoms with E-state index in [1.807, 2.05) is 0 Å². The van der Waals surface area contributed by atoms with Gasteiger partial charge in [-0.1, -0.05) is 6.07 Å². The molecule has 0 aliphatic carbocycles. The molecule has 1 aromatic heterocycles. The predicted octanol–water partition coefficient (Wildman–Crippen LogP) is 3.32. The van der Waals surface area contributed by atoms with Gasteiger partial charge in [0.2, 0.25) is 0 Å². The molecule has 2 aromatic rings. The van der Waals surface area contributed by atoms with Crippen LogP contribution < -0.4 is 4.74 Å². The normalized spacial score (nSPS) is 10.0. The summed E-state index contributed by atoms with van der Waals surface area (Å²) in [4.78, 5) is 3.86. The third-order valence-corrected chi connectivity index (χ3v) is 2.03. The van der Waals surface area contributed by atoms with Crippen molar-refractivity contribution in [3.05, 3.63) is 54.1 Å². The molecule has 0 spiro atoms. The second kappa shape index (κ2) is 4.09. The first-order valence-electron chi connectivity index (χ1n) is 4.60. The lowest BCUT2D eigenvalue weighted by Crippen LogP contribution is -1.87. The van der Waals surface area contributed by atoms with Gasteiger partial charge in [-0.2, -0.15) is 0 Å². The van der Waals surface area contributed by atoms with Crippen molar-refractivity contribution in [3.63, 3.8) is 0 Å². The Labute approximate surface area is 87.4 Å². The van der Waals surface area contributed by atoms with Crippen LogP contribution in [0.15, 0.2) is 42.7 Å². The Morgan fingerprint density at radius 1 is 1.07 bits per heavy atom. The maximum absolute atomic E-state index is 13.2. The minimum Gasteiger partial charge on any atom is -0.457 e. The molecule has 0 aliphatic rings. The van der Waals surface area contributed by atoms with E-state index in [0.717, 1.165) is 0 Å². The van der Waals surface area contributed by atoms with Gasteiger partial charge in [0.25, 0.3) is 0 Å². The number of hydrogen-bond donors (Lipinski definition) is 0. The number of benzene rings is 1. The van der Waals surface area contributed by atoms with Crippen LogP contribution in [0.4, 0.5) is 4.39 Å². The molecule has 0 saturated carbocycles. The molecule has 2 rings (SSSR count). The first-order valence-corrected chi connectivity index (χ1v) is 4.60. The Balaban J connectivity index is 2.22. The highest BCUT2D eigenvalue weighted by Gasteiger charge is 2.01. The quantitative estimate of drug-likeness (QED) is 0.746. The van der Waals surface area contributed by atoms with Gasteiger partial charge in [0.15, 0.2) is 0 Å². The van der Waals surface area contributed by atoms with E-state index in [0.29, 0.717) is 17.1 Å². The van der Waals surface area contributed by atoms with Crippen molar-refractivity contribution < 1.29 is 9.13 Å². The van der Waals surface area contributed by atoms with E-state index in [9.17, 15) is 4.39 Å². The lowest BCUT2D eigenvalue weighted by Gasteiger charge is -2.05. The monoisotopic (exact) mass is 203 g/mol. The van der Waals surface area contributed by atoms with Crippen molar-refractivity contribution in [2.75, 3.05) is 0 Å². The van der Waals surface area contributed by atoms with Gasteiger partial charge < -0.3 is 4.74 Å². The van der Waals surface area contributed by atoms with Gasteiger partial charge in [-0.3, -0.25) is 4.98 Å². The van der Waals surface area contributed by atoms with Crippen molar-refractivity contribution in [2.45, 2.75) is 6.92 Å². The molecule has 0 N–H and O–H groups in total. The van der Waals surface area contributed by atoms with Gasteiger partial charge in [0, 0.05) is 18.5 Å². The fourth-order valence-corrected chi connectivity index (χ4v) is 1.18. The first-order chi connectivity index (χ1) is 7.25. The molecule has 0 bridgehead atoms. The van der Waals surface area contributed by atoms with E-state index >= 15 is 0 Å². The molecular weight excluding hydrogens is 193 g/mol. The minimum atomic E-state index is -0.262. The Morgan fingerprint density at radius 3 is 2.47 bits per heavy atom. The standard InChI is InChI=1S/C12H10FNO/c1-9-2-3-11(8-12(9)13)15-10-4-6-14-7-5-10/h2-8H,1H3. The Kier molecular flexibility index (Phi) is 2.63. The molecule has 1 aromatic carbocycles. The molecule has 0 atom stereocenters. The molecule has 0 unspecified atom stereocenters. The lowest BCUT2D eigenvalue weighted by molar-refractivity contribution is 0.475. The zero-order chi connectivity index (χ0) is 10.7. The second-order valence-electron chi connectivity index (χ2n) is 3.20. The van der Waals surface area contributed by atoms with Crippen molar-refractivity contribution in [1.29, 1.82) is 0 Å². The van der Waals surface area contributed by atoms with E-state index in [1.54, 1.807) is 43.6 Å². The van der Waals surface area contributed by atoms with Crippen LogP contribution in [-0.4, -0.2) is 4.98 Å². The fourth-order valence-electron chi connectivity index (χ4n) is 1.18. The largest absolute Gasteiger partial charge is 0.457 e. The summed E-state index contributed by atoms with van der Waals surface area (Å²) in [6.45, 7) is 1.71. The second-order valence-corrected chi connectivity index (χ2v) is 3.20. The van der Waals surface area contributed by atoms with Crippen LogP contribution in [0.5, 0.6) is 11.5 Å². The molecule has 2 nitrogen and oxygen atoms in total. The number of rotatable bonds is 2. The van der Waals surface area contributed by atoms with E-state index in [2.05, 4.69) is 4.98 Å². The fraction of sp³-hybridized carbons (Fsp3) is 0.0833. The van der Waals surface area contributed by atoms with Gasteiger partial charge in [0.05, 0.1) is 0 Å². The molecule has 3 heteroatoms. The lowest BCUT2D eigenvalue weighted by atomic mass is 10.2. The van der Waals surface area contributed by atoms with Crippen LogP contribution in [0.3, 0.4) is 0 Å². The number of ether oxygens (including phenoxy) is 1. The topological polar surface area (TPSA) is 22.1 Å². The summed E-state index contributed by atoms with van der Waals surface area (Å²) in [6, 6.07) is 8.23. The summed E-state index contributed by atoms with van der Waals surface area (Å²) in [7, 11) is 0. The summed E-state index contributed by atoms with van der Waals surface area (Å²) in [5.41, 5.74) is 0.608. The van der Waals surface area contributed by atoms with E-state index in [4.69, 9.17) is 4.74 Å². The predicted molar refractivity (Wildman–Crippen MR) is 55.4 cm³/mol. The summed E-state index contributed by atoms with van der Waals surface area (Å²) >= 11 is 0. The number of aryl methyl sites for hydroxylation is 1. The maximum atomic E-state index is 13.2. The first kappa shape index (κ1) is 9.65. The summed E-state index contributed by atoms with van der Waals surface area (Å²) in [5.74, 6) is 0.874. The van der Waals surface area contributed by atoms with Crippen molar-refractivity contribution in [3.8, 4) is 11.5 Å². The highest BCUT2D eigenvalue weighted by atomic mass is 19.1. The van der Waals surface area contributed by atoms with Gasteiger partial charge >= 0.3 is 0 Å². The average Bonchev–Trinajstić information content (AvgIpc) is 2.25. The molecule has 15 heavy (non-hydrogen) atoms. The third kappa shape index (κ3) is 2.31. The maximum Gasteiger partial charge on any atom is 0.130 e. The highest BCUT2D eigenvalue weighted by molar-refractivity contribution is 5.32. The van der Waals surface area contributed by atoms with E-state index in [1.165, 1.54) is 6.07 Å². The Morgan fingerprint density at radius 2 is 1.80 bits per heavy atom. The zero-order valence-electron chi connectivity index (χ0n) is 8.27. The summed E-state index contributed by atoms with van der Waals surface area (Å²) in [6.07, 6.45) is 3.25. The molecule has 0 radical (unpaired) electrons. The number of pyridine rings is 1. The number of nitrogens with zero attached hydrogens (tertiary/aromatic N) is 1. The van der Waals surface area contributed by atoms with Crippen LogP contribution in [-0.2, 0) is 0 Å². The molecule has 0 saturated heterocycles. The van der Waals surface area contributed by atoms with Gasteiger partial charge in [-0.25, -0.2) is 4.39 Å². The van der Waals surface area contributed by atoms with Gasteiger partial charge in [0.1, 0.15) is 17.3 Å². The van der Waals surface area contributed by atoms with Crippen LogP contribution in [0.25, 0.3) is 0 Å². The number of halogens is 1. The highest BCUT2D eigenvalue weighted by Crippen LogP contribution is 2.22. The van der Waals surface area contributed by atoms with Crippen LogP contribution in [0, 0.1) is 12.7 Å². The Bertz CT molecular complexity index is 456. The molecule has 76 valence electrons. The van der Waals surface area contributed by atoms with E-state index < -0.39 is 0 Å². The van der Waals surface area contributed by atoms with Crippen molar-refractivity contribution in [2.24, 2.45) is 0 Å². The SMILES string of the molecule is Cc1ccc(Oc2ccncc2)cc1F. The van der Waals surface area contributed by atoms with Crippen LogP contribution in [0.1, 0.15) is 5.56 Å². The third-order valence-electron chi connectivity index (χ3n) is 2.03. The van der Waals surface area contributed by atoms with Crippen molar-refractivity contribution >= 4 is 0 Å². The van der Waals surface area contributed by atoms with Crippen molar-refractivity contribution in [1.82, 2.24) is 4.98 Å². The van der Waals surface area contributed by atoms with Gasteiger partial charge in [-0.05, 0) is 30.7 Å².